The fourth-order valence-electron chi connectivity index (χ4n) is 1.67. The largest absolute Gasteiger partial charge is 0.436 e. The first-order chi connectivity index (χ1) is 7.04. The van der Waals surface area contributed by atoms with E-state index in [0.717, 1.165) is 19.3 Å². The maximum absolute atomic E-state index is 12.4. The van der Waals surface area contributed by atoms with E-state index in [0.29, 0.717) is 5.69 Å². The van der Waals surface area contributed by atoms with Gasteiger partial charge in [-0.1, -0.05) is 6.42 Å². The van der Waals surface area contributed by atoms with E-state index < -0.39 is 11.9 Å². The topological polar surface area (TPSA) is 52.5 Å². The molecule has 0 radical (unpaired) electrons. The molecule has 1 fully saturated rings. The monoisotopic (exact) mass is 215 g/mol. The highest BCUT2D eigenvalue weighted by molar-refractivity contribution is 5.41. The summed E-state index contributed by atoms with van der Waals surface area (Å²) in [5.41, 5.74) is -1.09. The van der Waals surface area contributed by atoms with Gasteiger partial charge in [-0.15, -0.1) is 0 Å². The molecule has 0 saturated heterocycles. The minimum Gasteiger partial charge on any atom is -0.280 e. The van der Waals surface area contributed by atoms with E-state index in [-0.39, 0.29) is 11.5 Å². The first-order valence-corrected chi connectivity index (χ1v) is 4.59. The number of rotatable bonds is 1. The van der Waals surface area contributed by atoms with Crippen LogP contribution >= 0.6 is 0 Å². The number of alkyl halides is 3. The van der Waals surface area contributed by atoms with Gasteiger partial charge < -0.3 is 0 Å². The van der Waals surface area contributed by atoms with Crippen molar-refractivity contribution >= 4 is 0 Å². The Kier molecular flexibility index (Phi) is 2.18. The number of nitriles is 1. The molecular weight excluding hydrogens is 207 g/mol. The summed E-state index contributed by atoms with van der Waals surface area (Å²) >= 11 is 0. The van der Waals surface area contributed by atoms with Gasteiger partial charge in [0.1, 0.15) is 11.6 Å². The van der Waals surface area contributed by atoms with Crippen molar-refractivity contribution in [3.63, 3.8) is 0 Å². The Morgan fingerprint density at radius 3 is 2.47 bits per heavy atom. The summed E-state index contributed by atoms with van der Waals surface area (Å²) < 4.78 is 37.2. The number of aromatic amines is 1. The van der Waals surface area contributed by atoms with E-state index in [1.165, 1.54) is 0 Å². The summed E-state index contributed by atoms with van der Waals surface area (Å²) in [5, 5.41) is 14.2. The molecule has 2 rings (SSSR count). The number of halogens is 3. The smallest absolute Gasteiger partial charge is 0.280 e. The lowest BCUT2D eigenvalue weighted by Gasteiger charge is -2.24. The summed E-state index contributed by atoms with van der Waals surface area (Å²) in [6.45, 7) is 0. The van der Waals surface area contributed by atoms with E-state index in [1.807, 2.05) is 0 Å². The van der Waals surface area contributed by atoms with Crippen LogP contribution in [0.25, 0.3) is 0 Å². The van der Waals surface area contributed by atoms with Crippen LogP contribution in [0, 0.1) is 11.3 Å². The fourth-order valence-corrected chi connectivity index (χ4v) is 1.67. The average Bonchev–Trinajstić information content (AvgIpc) is 2.43. The molecule has 0 aliphatic heterocycles. The van der Waals surface area contributed by atoms with E-state index >= 15 is 0 Å². The Morgan fingerprint density at radius 1 is 1.40 bits per heavy atom. The molecule has 1 aromatic heterocycles. The van der Waals surface area contributed by atoms with Crippen LogP contribution in [0.15, 0.2) is 0 Å². The van der Waals surface area contributed by atoms with Crippen molar-refractivity contribution in [2.75, 3.05) is 0 Å². The maximum Gasteiger partial charge on any atom is 0.436 e. The van der Waals surface area contributed by atoms with E-state index in [2.05, 4.69) is 10.2 Å². The van der Waals surface area contributed by atoms with Crippen LogP contribution in [0.3, 0.4) is 0 Å². The van der Waals surface area contributed by atoms with Crippen molar-refractivity contribution in [3.8, 4) is 6.07 Å². The van der Waals surface area contributed by atoms with Crippen molar-refractivity contribution < 1.29 is 13.2 Å². The maximum atomic E-state index is 12.4. The zero-order chi connectivity index (χ0) is 11.1. The second kappa shape index (κ2) is 3.26. The number of hydrogen-bond donors (Lipinski definition) is 1. The summed E-state index contributed by atoms with van der Waals surface area (Å²) in [5.74, 6) is 0.0447. The minimum absolute atomic E-state index is 0.0447. The molecule has 1 saturated carbocycles. The fraction of sp³-hybridized carbons (Fsp3) is 0.556. The van der Waals surface area contributed by atoms with E-state index in [4.69, 9.17) is 5.26 Å². The molecule has 1 aliphatic rings. The van der Waals surface area contributed by atoms with Gasteiger partial charge in [-0.2, -0.15) is 23.5 Å². The summed E-state index contributed by atoms with van der Waals surface area (Å²) in [6.07, 6.45) is -1.90. The molecule has 15 heavy (non-hydrogen) atoms. The molecule has 1 aromatic rings. The predicted molar refractivity (Wildman–Crippen MR) is 44.9 cm³/mol. The molecule has 1 heterocycles. The van der Waals surface area contributed by atoms with Gasteiger partial charge in [0.05, 0.1) is 5.69 Å². The lowest BCUT2D eigenvalue weighted by molar-refractivity contribution is -0.141. The molecule has 6 heteroatoms. The van der Waals surface area contributed by atoms with Gasteiger partial charge >= 0.3 is 6.18 Å². The van der Waals surface area contributed by atoms with E-state index in [9.17, 15) is 13.2 Å². The molecule has 0 unspecified atom stereocenters. The molecule has 80 valence electrons. The number of nitrogens with zero attached hydrogens (tertiary/aromatic N) is 2. The van der Waals surface area contributed by atoms with Crippen LogP contribution in [-0.4, -0.2) is 10.2 Å². The van der Waals surface area contributed by atoms with Crippen LogP contribution in [0.2, 0.25) is 0 Å². The molecule has 0 atom stereocenters. The number of H-pyrrole nitrogens is 1. The van der Waals surface area contributed by atoms with Crippen molar-refractivity contribution in [3.05, 3.63) is 17.0 Å². The molecule has 0 aromatic carbocycles. The van der Waals surface area contributed by atoms with Crippen LogP contribution < -0.4 is 0 Å². The second-order valence-electron chi connectivity index (χ2n) is 3.60. The lowest BCUT2D eigenvalue weighted by atomic mass is 9.81. The Bertz CT molecular complexity index is 409. The zero-order valence-electron chi connectivity index (χ0n) is 7.73. The van der Waals surface area contributed by atoms with Crippen LogP contribution in [0.1, 0.15) is 42.1 Å². The van der Waals surface area contributed by atoms with Crippen LogP contribution in [-0.2, 0) is 6.18 Å². The third-order valence-electron chi connectivity index (χ3n) is 2.69. The third-order valence-corrected chi connectivity index (χ3v) is 2.69. The molecule has 0 bridgehead atoms. The highest BCUT2D eigenvalue weighted by atomic mass is 19.4. The molecule has 0 spiro atoms. The summed E-state index contributed by atoms with van der Waals surface area (Å²) in [4.78, 5) is 0. The molecule has 0 amide bonds. The first kappa shape index (κ1) is 10.0. The Morgan fingerprint density at radius 2 is 2.07 bits per heavy atom. The average molecular weight is 215 g/mol. The highest BCUT2D eigenvalue weighted by Crippen LogP contribution is 2.40. The van der Waals surface area contributed by atoms with Gasteiger partial charge in [-0.25, -0.2) is 0 Å². The number of nitrogens with one attached hydrogen (secondary N) is 1. The van der Waals surface area contributed by atoms with Gasteiger partial charge in [0.15, 0.2) is 5.69 Å². The molecule has 1 N–H and O–H groups in total. The van der Waals surface area contributed by atoms with Crippen LogP contribution in [0.4, 0.5) is 13.2 Å². The Hall–Kier alpha value is -1.51. The summed E-state index contributed by atoms with van der Waals surface area (Å²) in [7, 11) is 0. The van der Waals surface area contributed by atoms with Gasteiger partial charge in [-0.3, -0.25) is 5.10 Å². The van der Waals surface area contributed by atoms with E-state index in [1.54, 1.807) is 6.07 Å². The zero-order valence-corrected chi connectivity index (χ0v) is 7.73. The van der Waals surface area contributed by atoms with Gasteiger partial charge in [0.2, 0.25) is 0 Å². The van der Waals surface area contributed by atoms with Crippen molar-refractivity contribution in [1.29, 1.82) is 5.26 Å². The highest BCUT2D eigenvalue weighted by Gasteiger charge is 2.39. The Labute approximate surface area is 83.9 Å². The Balaban J connectivity index is 2.42. The predicted octanol–water partition coefficient (Wildman–Crippen LogP) is 2.57. The van der Waals surface area contributed by atoms with Crippen LogP contribution in [0.5, 0.6) is 0 Å². The van der Waals surface area contributed by atoms with Crippen molar-refractivity contribution in [2.45, 2.75) is 31.4 Å². The van der Waals surface area contributed by atoms with Gasteiger partial charge in [-0.05, 0) is 12.8 Å². The lowest BCUT2D eigenvalue weighted by Crippen LogP contribution is -2.12. The second-order valence-corrected chi connectivity index (χ2v) is 3.60. The first-order valence-electron chi connectivity index (χ1n) is 4.59. The van der Waals surface area contributed by atoms with Crippen molar-refractivity contribution in [1.82, 2.24) is 10.2 Å². The molecule has 1 aliphatic carbocycles. The number of aromatic nitrogens is 2. The molecular formula is C9H8F3N3. The SMILES string of the molecule is N#Cc1c(C(F)(F)F)n[nH]c1C1CCC1. The minimum atomic E-state index is -4.55. The van der Waals surface area contributed by atoms with Crippen molar-refractivity contribution in [2.24, 2.45) is 0 Å². The third kappa shape index (κ3) is 1.58. The molecule has 3 nitrogen and oxygen atoms in total. The van der Waals surface area contributed by atoms with Gasteiger partial charge in [0.25, 0.3) is 0 Å². The quantitative estimate of drug-likeness (QED) is 0.782. The normalized spacial score (nSPS) is 17.2. The number of hydrogen-bond acceptors (Lipinski definition) is 2. The summed E-state index contributed by atoms with van der Waals surface area (Å²) in [6, 6.07) is 1.59. The standard InChI is InChI=1S/C9H8F3N3/c10-9(11,12)8-6(4-13)7(14-15-8)5-2-1-3-5/h5H,1-3H2,(H,14,15). The van der Waals surface area contributed by atoms with Gasteiger partial charge in [0, 0.05) is 5.92 Å².